The van der Waals surface area contributed by atoms with Crippen LogP contribution in [0.5, 0.6) is 0 Å². The first kappa shape index (κ1) is 19.5. The molecule has 0 aliphatic carbocycles. The summed E-state index contributed by atoms with van der Waals surface area (Å²) in [5.74, 6) is -1.03. The van der Waals surface area contributed by atoms with Gasteiger partial charge in [0, 0.05) is 10.6 Å². The van der Waals surface area contributed by atoms with Crippen molar-refractivity contribution in [3.63, 3.8) is 0 Å². The van der Waals surface area contributed by atoms with E-state index in [0.29, 0.717) is 11.6 Å². The van der Waals surface area contributed by atoms with Crippen LogP contribution in [0.25, 0.3) is 0 Å². The number of hydrogen-bond donors (Lipinski definition) is 3. The summed E-state index contributed by atoms with van der Waals surface area (Å²) < 4.78 is 0. The third kappa shape index (κ3) is 4.13. The zero-order chi connectivity index (χ0) is 20.4. The predicted molar refractivity (Wildman–Crippen MR) is 112 cm³/mol. The van der Waals surface area contributed by atoms with Crippen LogP contribution < -0.4 is 10.6 Å². The molecule has 3 heterocycles. The molecule has 0 unspecified atom stereocenters. The number of benzene rings is 1. The van der Waals surface area contributed by atoms with Crippen molar-refractivity contribution in [3.8, 4) is 0 Å². The Balaban J connectivity index is 1.46. The van der Waals surface area contributed by atoms with Crippen LogP contribution in [0.15, 0.2) is 52.8 Å². The molecular weight excluding hydrogens is 412 g/mol. The topological polar surface area (TPSA) is 111 Å². The average molecular weight is 431 g/mol. The summed E-state index contributed by atoms with van der Waals surface area (Å²) in [6.07, 6.45) is -1.13. The van der Waals surface area contributed by atoms with Crippen molar-refractivity contribution in [2.24, 2.45) is 4.99 Å². The standard InChI is InChI=1S/C19H18N4O4S2/c24-14(9-12-7-4-8-28-12)22-15-17(25)23-16(19(26)27)21-13(10-29-18(15)23)20-11-5-2-1-3-6-11/h1-8,15-16,18H,9-10H2,(H,20,21)(H,22,24)(H,26,27)/t15-,16+,18-/m0/s1. The van der Waals surface area contributed by atoms with Gasteiger partial charge in [0.2, 0.25) is 12.1 Å². The number of β-lactam (4-membered cyclic amide) rings is 1. The monoisotopic (exact) mass is 430 g/mol. The van der Waals surface area contributed by atoms with Crippen LogP contribution in [0.2, 0.25) is 0 Å². The molecule has 10 heteroatoms. The summed E-state index contributed by atoms with van der Waals surface area (Å²) >= 11 is 2.85. The third-order valence-corrected chi connectivity index (χ3v) is 6.68. The maximum absolute atomic E-state index is 12.6. The Kier molecular flexibility index (Phi) is 5.54. The lowest BCUT2D eigenvalue weighted by molar-refractivity contribution is -0.161. The van der Waals surface area contributed by atoms with Crippen molar-refractivity contribution in [3.05, 3.63) is 52.7 Å². The van der Waals surface area contributed by atoms with Gasteiger partial charge in [-0.15, -0.1) is 23.1 Å². The minimum Gasteiger partial charge on any atom is -0.478 e. The van der Waals surface area contributed by atoms with Gasteiger partial charge in [-0.1, -0.05) is 24.3 Å². The Bertz CT molecular complexity index is 948. The van der Waals surface area contributed by atoms with Gasteiger partial charge in [0.25, 0.3) is 5.91 Å². The number of anilines is 1. The lowest BCUT2D eigenvalue weighted by Crippen LogP contribution is -2.72. The minimum atomic E-state index is -1.32. The molecule has 2 amide bonds. The number of amides is 2. The number of thiophene rings is 1. The predicted octanol–water partition coefficient (Wildman–Crippen LogP) is 1.61. The van der Waals surface area contributed by atoms with Gasteiger partial charge in [0.15, 0.2) is 0 Å². The van der Waals surface area contributed by atoms with Gasteiger partial charge >= 0.3 is 5.97 Å². The number of nitrogens with zero attached hydrogens (tertiary/aromatic N) is 2. The molecule has 29 heavy (non-hydrogen) atoms. The van der Waals surface area contributed by atoms with E-state index in [1.165, 1.54) is 28.0 Å². The van der Waals surface area contributed by atoms with Crippen molar-refractivity contribution < 1.29 is 19.5 Å². The molecule has 2 aromatic rings. The number of carbonyl (C=O) groups excluding carboxylic acids is 2. The number of para-hydroxylation sites is 1. The second kappa shape index (κ2) is 8.26. The van der Waals surface area contributed by atoms with Crippen LogP contribution in [0, 0.1) is 0 Å². The SMILES string of the molecule is O=C(Cc1cccs1)N[C@H]1C(=O)N2[C@H](C(=O)O)N=C(Nc3ccccc3)CS[C@@H]12. The van der Waals surface area contributed by atoms with Gasteiger partial charge in [0.1, 0.15) is 17.3 Å². The normalized spacial score (nSPS) is 23.3. The summed E-state index contributed by atoms with van der Waals surface area (Å²) in [5.41, 5.74) is 0.785. The number of nitrogens with one attached hydrogen (secondary N) is 2. The van der Waals surface area contributed by atoms with Crippen molar-refractivity contribution in [2.75, 3.05) is 11.1 Å². The fourth-order valence-corrected chi connectivity index (χ4v) is 5.13. The Labute approximate surface area is 175 Å². The molecule has 1 aromatic carbocycles. The van der Waals surface area contributed by atoms with Crippen molar-refractivity contribution in [1.82, 2.24) is 10.2 Å². The molecule has 0 saturated carbocycles. The van der Waals surface area contributed by atoms with Crippen LogP contribution in [0.1, 0.15) is 4.88 Å². The number of fused-ring (bicyclic) bond motifs is 1. The van der Waals surface area contributed by atoms with E-state index in [-0.39, 0.29) is 12.3 Å². The Morgan fingerprint density at radius 2 is 2.00 bits per heavy atom. The molecule has 3 atom stereocenters. The molecule has 2 aliphatic rings. The minimum absolute atomic E-state index is 0.193. The first-order valence-corrected chi connectivity index (χ1v) is 10.8. The van der Waals surface area contributed by atoms with E-state index in [1.807, 2.05) is 47.8 Å². The number of amidine groups is 1. The number of carbonyl (C=O) groups is 3. The van der Waals surface area contributed by atoms with Crippen molar-refractivity contribution >= 4 is 52.4 Å². The van der Waals surface area contributed by atoms with Gasteiger partial charge in [-0.3, -0.25) is 14.5 Å². The fraction of sp³-hybridized carbons (Fsp3) is 0.263. The summed E-state index contributed by atoms with van der Waals surface area (Å²) in [7, 11) is 0. The maximum Gasteiger partial charge on any atom is 0.349 e. The van der Waals surface area contributed by atoms with Crippen LogP contribution in [0.4, 0.5) is 5.69 Å². The first-order valence-electron chi connectivity index (χ1n) is 8.90. The number of carboxylic acid groups (broad SMARTS) is 1. The second-order valence-electron chi connectivity index (χ2n) is 6.53. The lowest BCUT2D eigenvalue weighted by Gasteiger charge is -2.46. The van der Waals surface area contributed by atoms with Crippen LogP contribution in [0.3, 0.4) is 0 Å². The second-order valence-corrected chi connectivity index (χ2v) is 8.66. The van der Waals surface area contributed by atoms with Gasteiger partial charge in [-0.05, 0) is 23.6 Å². The molecular formula is C19H18N4O4S2. The molecule has 1 aromatic heterocycles. The Morgan fingerprint density at radius 3 is 2.69 bits per heavy atom. The highest BCUT2D eigenvalue weighted by molar-refractivity contribution is 8.00. The molecule has 4 rings (SSSR count). The van der Waals surface area contributed by atoms with Crippen LogP contribution in [-0.2, 0) is 20.8 Å². The molecule has 0 radical (unpaired) electrons. The highest BCUT2D eigenvalue weighted by atomic mass is 32.2. The Morgan fingerprint density at radius 1 is 1.21 bits per heavy atom. The van der Waals surface area contributed by atoms with E-state index in [9.17, 15) is 19.5 Å². The van der Waals surface area contributed by atoms with E-state index < -0.39 is 29.5 Å². The molecule has 8 nitrogen and oxygen atoms in total. The number of aliphatic imine (C=N–C) groups is 1. The van der Waals surface area contributed by atoms with Crippen LogP contribution in [-0.4, -0.2) is 57.0 Å². The zero-order valence-corrected chi connectivity index (χ0v) is 16.8. The molecule has 3 N–H and O–H groups in total. The largest absolute Gasteiger partial charge is 0.478 e. The number of carboxylic acids is 1. The van der Waals surface area contributed by atoms with Crippen LogP contribution >= 0.6 is 23.1 Å². The third-order valence-electron chi connectivity index (χ3n) is 4.53. The summed E-state index contributed by atoms with van der Waals surface area (Å²) in [4.78, 5) is 43.1. The van der Waals surface area contributed by atoms with E-state index in [1.54, 1.807) is 0 Å². The van der Waals surface area contributed by atoms with Gasteiger partial charge in [-0.25, -0.2) is 9.79 Å². The first-order chi connectivity index (χ1) is 14.0. The zero-order valence-electron chi connectivity index (χ0n) is 15.1. The van der Waals surface area contributed by atoms with Crippen molar-refractivity contribution in [2.45, 2.75) is 24.0 Å². The summed E-state index contributed by atoms with van der Waals surface area (Å²) in [6.45, 7) is 0. The highest BCUT2D eigenvalue weighted by Crippen LogP contribution is 2.35. The molecule has 0 spiro atoms. The molecule has 2 aliphatic heterocycles. The van der Waals surface area contributed by atoms with E-state index in [0.717, 1.165) is 10.6 Å². The number of rotatable bonds is 5. The number of thioether (sulfide) groups is 1. The van der Waals surface area contributed by atoms with Gasteiger partial charge < -0.3 is 15.7 Å². The summed E-state index contributed by atoms with van der Waals surface area (Å²) in [5, 5.41) is 16.9. The van der Waals surface area contributed by atoms with E-state index in [4.69, 9.17) is 0 Å². The maximum atomic E-state index is 12.6. The molecule has 1 saturated heterocycles. The van der Waals surface area contributed by atoms with Crippen molar-refractivity contribution in [1.29, 1.82) is 0 Å². The smallest absolute Gasteiger partial charge is 0.349 e. The number of hydrogen-bond acceptors (Lipinski definition) is 7. The highest BCUT2D eigenvalue weighted by Gasteiger charge is 2.54. The fourth-order valence-electron chi connectivity index (χ4n) is 3.19. The molecule has 150 valence electrons. The average Bonchev–Trinajstić information content (AvgIpc) is 3.14. The van der Waals surface area contributed by atoms with E-state index in [2.05, 4.69) is 15.6 Å². The molecule has 1 fully saturated rings. The quantitative estimate of drug-likeness (QED) is 0.622. The van der Waals surface area contributed by atoms with Gasteiger partial charge in [-0.2, -0.15) is 0 Å². The van der Waals surface area contributed by atoms with E-state index >= 15 is 0 Å². The number of aliphatic carboxylic acids is 1. The van der Waals surface area contributed by atoms with Gasteiger partial charge in [0.05, 0.1) is 12.2 Å². The Hall–Kier alpha value is -2.85. The summed E-state index contributed by atoms with van der Waals surface area (Å²) in [6, 6.07) is 12.3. The molecule has 0 bridgehead atoms. The lowest BCUT2D eigenvalue weighted by atomic mass is 10.1.